The van der Waals surface area contributed by atoms with Crippen molar-refractivity contribution in [3.8, 4) is 0 Å². The van der Waals surface area contributed by atoms with Gasteiger partial charge >= 0.3 is 0 Å². The Kier molecular flexibility index (Phi) is 6.04. The van der Waals surface area contributed by atoms with Crippen molar-refractivity contribution in [3.63, 3.8) is 0 Å². The fraction of sp³-hybridized carbons (Fsp3) is 0.294. The largest absolute Gasteiger partial charge is 0.269 e. The van der Waals surface area contributed by atoms with Crippen molar-refractivity contribution >= 4 is 15.7 Å². The fourth-order valence-corrected chi connectivity index (χ4v) is 3.63. The third kappa shape index (κ3) is 4.61. The molecule has 3 atom stereocenters. The maximum atomic E-state index is 14.8. The second-order valence-corrected chi connectivity index (χ2v) is 7.60. The lowest BCUT2D eigenvalue weighted by molar-refractivity contribution is -0.384. The molecule has 0 fully saturated rings. The van der Waals surface area contributed by atoms with E-state index in [1.54, 1.807) is 19.1 Å². The summed E-state index contributed by atoms with van der Waals surface area (Å²) in [6.07, 6.45) is -3.85. The van der Waals surface area contributed by atoms with Crippen LogP contribution in [0.25, 0.3) is 0 Å². The Labute approximate surface area is 150 Å². The molecule has 0 heterocycles. The van der Waals surface area contributed by atoms with E-state index in [1.807, 2.05) is 0 Å². The quantitative estimate of drug-likeness (QED) is 0.583. The summed E-state index contributed by atoms with van der Waals surface area (Å²) in [6, 6.07) is 8.59. The molecule has 6 nitrogen and oxygen atoms in total. The first-order chi connectivity index (χ1) is 12.1. The Hall–Kier alpha value is -2.39. The number of sulfonamides is 1. The first-order valence-electron chi connectivity index (χ1n) is 7.73. The number of halogens is 2. The lowest BCUT2D eigenvalue weighted by atomic mass is 10.0. The van der Waals surface area contributed by atoms with Gasteiger partial charge in [0, 0.05) is 12.1 Å². The molecule has 0 amide bonds. The Morgan fingerprint density at radius 1 is 1.04 bits per heavy atom. The highest BCUT2D eigenvalue weighted by molar-refractivity contribution is 7.89. The van der Waals surface area contributed by atoms with Crippen LogP contribution in [-0.2, 0) is 10.0 Å². The molecule has 0 spiro atoms. The highest BCUT2D eigenvalue weighted by atomic mass is 32.2. The van der Waals surface area contributed by atoms with Gasteiger partial charge in [0.15, 0.2) is 0 Å². The van der Waals surface area contributed by atoms with Crippen LogP contribution in [0.1, 0.15) is 24.2 Å². The topological polar surface area (TPSA) is 89.3 Å². The smallest absolute Gasteiger partial charge is 0.258 e. The number of benzene rings is 2. The molecule has 0 aliphatic heterocycles. The number of non-ortho nitro benzene ring substituents is 1. The summed E-state index contributed by atoms with van der Waals surface area (Å²) in [7, 11) is -4.13. The Morgan fingerprint density at radius 2 is 1.58 bits per heavy atom. The Balaban J connectivity index is 2.27. The lowest BCUT2D eigenvalue weighted by Crippen LogP contribution is -2.43. The van der Waals surface area contributed by atoms with E-state index in [2.05, 4.69) is 4.72 Å². The van der Waals surface area contributed by atoms with Gasteiger partial charge in [-0.25, -0.2) is 21.9 Å². The van der Waals surface area contributed by atoms with E-state index >= 15 is 0 Å². The van der Waals surface area contributed by atoms with Crippen LogP contribution in [0.3, 0.4) is 0 Å². The standard InChI is InChI=1S/C17H18F2N2O4S/c1-11-3-9-15(10-4-11)26(24,25)20-17(12(2)18)16(19)13-5-7-14(8-6-13)21(22)23/h3-10,12,16-17,20H,1-2H3/t12-,16+,17+/m1/s1. The summed E-state index contributed by atoms with van der Waals surface area (Å²) >= 11 is 0. The molecule has 0 bridgehead atoms. The monoisotopic (exact) mass is 384 g/mol. The maximum absolute atomic E-state index is 14.8. The molecule has 9 heteroatoms. The number of nitrogens with zero attached hydrogens (tertiary/aromatic N) is 1. The molecule has 0 unspecified atom stereocenters. The number of hydrogen-bond donors (Lipinski definition) is 1. The van der Waals surface area contributed by atoms with Crippen molar-refractivity contribution in [2.45, 2.75) is 37.1 Å². The van der Waals surface area contributed by atoms with Crippen LogP contribution in [0.15, 0.2) is 53.4 Å². The highest BCUT2D eigenvalue weighted by Gasteiger charge is 2.33. The van der Waals surface area contributed by atoms with Gasteiger partial charge in [0.05, 0.1) is 15.9 Å². The molecule has 2 rings (SSSR count). The minimum atomic E-state index is -4.13. The summed E-state index contributed by atoms with van der Waals surface area (Å²) < 4.78 is 55.6. The van der Waals surface area contributed by atoms with Gasteiger partial charge in [0.1, 0.15) is 12.3 Å². The zero-order chi connectivity index (χ0) is 19.5. The number of rotatable bonds is 7. The summed E-state index contributed by atoms with van der Waals surface area (Å²) in [6.45, 7) is 2.82. The average Bonchev–Trinajstić information content (AvgIpc) is 2.59. The number of nitro benzene ring substituents is 1. The number of nitrogens with one attached hydrogen (secondary N) is 1. The molecule has 0 aliphatic rings. The van der Waals surface area contributed by atoms with Crippen molar-refractivity contribution < 1.29 is 22.1 Å². The van der Waals surface area contributed by atoms with Gasteiger partial charge in [-0.2, -0.15) is 0 Å². The molecule has 0 aromatic heterocycles. The van der Waals surface area contributed by atoms with E-state index in [4.69, 9.17) is 0 Å². The summed E-state index contributed by atoms with van der Waals surface area (Å²) in [5.74, 6) is 0. The van der Waals surface area contributed by atoms with E-state index < -0.39 is 33.3 Å². The summed E-state index contributed by atoms with van der Waals surface area (Å²) in [5, 5.41) is 10.7. The summed E-state index contributed by atoms with van der Waals surface area (Å²) in [4.78, 5) is 9.90. The van der Waals surface area contributed by atoms with Crippen molar-refractivity contribution in [2.75, 3.05) is 0 Å². The molecule has 0 aliphatic carbocycles. The van der Waals surface area contributed by atoms with Gasteiger partial charge < -0.3 is 0 Å². The first-order valence-corrected chi connectivity index (χ1v) is 9.21. The molecule has 2 aromatic rings. The molecule has 0 radical (unpaired) electrons. The molecule has 140 valence electrons. The maximum Gasteiger partial charge on any atom is 0.269 e. The Bertz CT molecular complexity index is 869. The first kappa shape index (κ1) is 19.9. The second-order valence-electron chi connectivity index (χ2n) is 5.89. The van der Waals surface area contributed by atoms with Crippen LogP contribution in [0.5, 0.6) is 0 Å². The van der Waals surface area contributed by atoms with Gasteiger partial charge in [0.25, 0.3) is 5.69 Å². The van der Waals surface area contributed by atoms with Crippen LogP contribution >= 0.6 is 0 Å². The SMILES string of the molecule is Cc1ccc(S(=O)(=O)N[C@@H]([C@@H](C)F)[C@@H](F)c2ccc([N+](=O)[O-])cc2)cc1. The highest BCUT2D eigenvalue weighted by Crippen LogP contribution is 2.27. The minimum Gasteiger partial charge on any atom is -0.258 e. The number of alkyl halides is 2. The molecular weight excluding hydrogens is 366 g/mol. The lowest BCUT2D eigenvalue weighted by Gasteiger charge is -2.24. The van der Waals surface area contributed by atoms with Crippen LogP contribution in [0.2, 0.25) is 0 Å². The predicted octanol–water partition coefficient (Wildman–Crippen LogP) is 3.62. The number of nitro groups is 1. The third-order valence-electron chi connectivity index (χ3n) is 3.86. The number of hydrogen-bond acceptors (Lipinski definition) is 4. The molecule has 1 N–H and O–H groups in total. The van der Waals surface area contributed by atoms with Gasteiger partial charge in [-0.1, -0.05) is 17.7 Å². The average molecular weight is 384 g/mol. The predicted molar refractivity (Wildman–Crippen MR) is 92.8 cm³/mol. The van der Waals surface area contributed by atoms with Crippen molar-refractivity contribution in [3.05, 3.63) is 69.8 Å². The van der Waals surface area contributed by atoms with Crippen molar-refractivity contribution in [1.82, 2.24) is 4.72 Å². The van der Waals surface area contributed by atoms with Crippen molar-refractivity contribution in [1.29, 1.82) is 0 Å². The van der Waals surface area contributed by atoms with Gasteiger partial charge in [-0.3, -0.25) is 10.1 Å². The second kappa shape index (κ2) is 7.88. The van der Waals surface area contributed by atoms with Gasteiger partial charge in [-0.05, 0) is 43.7 Å². The third-order valence-corrected chi connectivity index (χ3v) is 5.33. The fourth-order valence-electron chi connectivity index (χ4n) is 2.34. The minimum absolute atomic E-state index is 0.0586. The van der Waals surface area contributed by atoms with Crippen LogP contribution in [0, 0.1) is 17.0 Å². The van der Waals surface area contributed by atoms with E-state index in [9.17, 15) is 27.3 Å². The van der Waals surface area contributed by atoms with Crippen LogP contribution in [0.4, 0.5) is 14.5 Å². The zero-order valence-electron chi connectivity index (χ0n) is 14.1. The Morgan fingerprint density at radius 3 is 2.04 bits per heavy atom. The van der Waals surface area contributed by atoms with Crippen molar-refractivity contribution in [2.24, 2.45) is 0 Å². The normalized spacial score (nSPS) is 15.2. The summed E-state index contributed by atoms with van der Waals surface area (Å²) in [5.41, 5.74) is 0.538. The van der Waals surface area contributed by atoms with Crippen LogP contribution < -0.4 is 4.72 Å². The molecule has 26 heavy (non-hydrogen) atoms. The van der Waals surface area contributed by atoms with Gasteiger partial charge in [0.2, 0.25) is 10.0 Å². The van der Waals surface area contributed by atoms with E-state index in [-0.39, 0.29) is 16.1 Å². The number of aryl methyl sites for hydroxylation is 1. The van der Waals surface area contributed by atoms with E-state index in [0.717, 1.165) is 36.8 Å². The van der Waals surface area contributed by atoms with E-state index in [0.29, 0.717) is 0 Å². The van der Waals surface area contributed by atoms with E-state index in [1.165, 1.54) is 12.1 Å². The molecule has 2 aromatic carbocycles. The molecule has 0 saturated heterocycles. The molecular formula is C17H18F2N2O4S. The molecule has 0 saturated carbocycles. The van der Waals surface area contributed by atoms with Gasteiger partial charge in [-0.15, -0.1) is 0 Å². The zero-order valence-corrected chi connectivity index (χ0v) is 14.9. The van der Waals surface area contributed by atoms with Crippen LogP contribution in [-0.4, -0.2) is 25.6 Å².